The highest BCUT2D eigenvalue weighted by Crippen LogP contribution is 2.21. The number of amides is 1. The van der Waals surface area contributed by atoms with Gasteiger partial charge in [0.15, 0.2) is 6.61 Å². The summed E-state index contributed by atoms with van der Waals surface area (Å²) in [5.41, 5.74) is 0.743. The minimum absolute atomic E-state index is 0.0732. The maximum atomic E-state index is 12.3. The van der Waals surface area contributed by atoms with Crippen molar-refractivity contribution in [1.29, 1.82) is 0 Å². The number of ether oxygens (including phenoxy) is 2. The largest absolute Gasteiger partial charge is 0.509 e. The zero-order chi connectivity index (χ0) is 17.5. The first-order valence-electron chi connectivity index (χ1n) is 6.51. The fraction of sp³-hybridized carbons (Fsp3) is 0.333. The third kappa shape index (κ3) is 6.30. The number of halogens is 3. The molecule has 0 atom stereocenters. The molecule has 8 heteroatoms. The van der Waals surface area contributed by atoms with Gasteiger partial charge >= 0.3 is 18.2 Å². The Labute approximate surface area is 130 Å². The summed E-state index contributed by atoms with van der Waals surface area (Å²) in [6.07, 6.45) is -5.89. The van der Waals surface area contributed by atoms with Gasteiger partial charge in [-0.05, 0) is 31.5 Å². The summed E-state index contributed by atoms with van der Waals surface area (Å²) < 4.78 is 46.1. The summed E-state index contributed by atoms with van der Waals surface area (Å²) in [4.78, 5) is 21.9. The molecule has 124 valence electrons. The van der Waals surface area contributed by atoms with Crippen LogP contribution in [0.1, 0.15) is 18.1 Å². The molecule has 0 radical (unpaired) electrons. The van der Waals surface area contributed by atoms with Crippen molar-refractivity contribution in [3.63, 3.8) is 0 Å². The van der Waals surface area contributed by atoms with Crippen molar-refractivity contribution in [2.24, 2.45) is 0 Å². The number of alkyl halides is 3. The van der Waals surface area contributed by atoms with Gasteiger partial charge in [0.1, 0.15) is 0 Å². The van der Waals surface area contributed by atoms with Gasteiger partial charge in [0.05, 0.1) is 12.3 Å². The molecule has 1 N–H and O–H groups in total. The van der Waals surface area contributed by atoms with E-state index in [1.807, 2.05) is 0 Å². The lowest BCUT2D eigenvalue weighted by Gasteiger charge is -2.10. The van der Waals surface area contributed by atoms with Gasteiger partial charge in [0, 0.05) is 5.56 Å². The average Bonchev–Trinajstić information content (AvgIpc) is 2.44. The van der Waals surface area contributed by atoms with Gasteiger partial charge in [-0.15, -0.1) is 0 Å². The minimum Gasteiger partial charge on any atom is -0.435 e. The number of rotatable bonds is 3. The fourth-order valence-electron chi connectivity index (χ4n) is 1.45. The van der Waals surface area contributed by atoms with Crippen molar-refractivity contribution in [3.05, 3.63) is 29.3 Å². The van der Waals surface area contributed by atoms with Crippen LogP contribution >= 0.6 is 0 Å². The second kappa shape index (κ2) is 8.08. The van der Waals surface area contributed by atoms with Crippen LogP contribution in [0.4, 0.5) is 23.7 Å². The third-order valence-electron chi connectivity index (χ3n) is 2.43. The SMILES string of the molecule is CCOC(=O)OCC#Cc1ccc(C)cc1NC(=O)C(F)(F)F. The molecule has 0 saturated heterocycles. The summed E-state index contributed by atoms with van der Waals surface area (Å²) in [5.74, 6) is 2.90. The monoisotopic (exact) mass is 329 g/mol. The molecule has 0 aliphatic carbocycles. The van der Waals surface area contributed by atoms with Gasteiger partial charge in [0.2, 0.25) is 0 Å². The van der Waals surface area contributed by atoms with Crippen LogP contribution in [0.2, 0.25) is 0 Å². The second-order valence-corrected chi connectivity index (χ2v) is 4.27. The van der Waals surface area contributed by atoms with Crippen molar-refractivity contribution in [2.45, 2.75) is 20.0 Å². The molecule has 1 aromatic rings. The lowest BCUT2D eigenvalue weighted by atomic mass is 10.1. The lowest BCUT2D eigenvalue weighted by molar-refractivity contribution is -0.167. The van der Waals surface area contributed by atoms with E-state index >= 15 is 0 Å². The van der Waals surface area contributed by atoms with Crippen LogP contribution in [0.5, 0.6) is 0 Å². The molecular formula is C15H14F3NO4. The van der Waals surface area contributed by atoms with E-state index in [0.717, 1.165) is 0 Å². The molecule has 0 bridgehead atoms. The summed E-state index contributed by atoms with van der Waals surface area (Å²) in [7, 11) is 0. The van der Waals surface area contributed by atoms with Crippen molar-refractivity contribution in [2.75, 3.05) is 18.5 Å². The second-order valence-electron chi connectivity index (χ2n) is 4.27. The molecule has 0 spiro atoms. The molecule has 0 fully saturated rings. The van der Waals surface area contributed by atoms with Gasteiger partial charge in [-0.1, -0.05) is 17.9 Å². The van der Waals surface area contributed by atoms with E-state index in [2.05, 4.69) is 21.3 Å². The highest BCUT2D eigenvalue weighted by molar-refractivity contribution is 5.96. The Kier molecular flexibility index (Phi) is 6.45. The van der Waals surface area contributed by atoms with E-state index in [1.165, 1.54) is 12.1 Å². The van der Waals surface area contributed by atoms with Crippen LogP contribution in [-0.2, 0) is 14.3 Å². The Morgan fingerprint density at radius 1 is 1.26 bits per heavy atom. The summed E-state index contributed by atoms with van der Waals surface area (Å²) in [6, 6.07) is 4.44. The highest BCUT2D eigenvalue weighted by Gasteiger charge is 2.38. The van der Waals surface area contributed by atoms with E-state index in [9.17, 15) is 22.8 Å². The predicted molar refractivity (Wildman–Crippen MR) is 75.7 cm³/mol. The molecule has 0 aliphatic rings. The first kappa shape index (κ1) is 18.4. The molecule has 1 rings (SSSR count). The molecule has 0 aliphatic heterocycles. The Bertz CT molecular complexity index is 644. The van der Waals surface area contributed by atoms with Gasteiger partial charge in [-0.25, -0.2) is 4.79 Å². The Hall–Kier alpha value is -2.69. The van der Waals surface area contributed by atoms with Crippen molar-refractivity contribution < 1.29 is 32.2 Å². The van der Waals surface area contributed by atoms with Crippen molar-refractivity contribution in [1.82, 2.24) is 0 Å². The number of hydrogen-bond acceptors (Lipinski definition) is 4. The van der Waals surface area contributed by atoms with Crippen LogP contribution in [-0.4, -0.2) is 31.5 Å². The van der Waals surface area contributed by atoms with Crippen molar-refractivity contribution >= 4 is 17.7 Å². The average molecular weight is 329 g/mol. The summed E-state index contributed by atoms with van der Waals surface area (Å²) in [5, 5.41) is 1.76. The number of carbonyl (C=O) groups is 2. The molecule has 0 heterocycles. The van der Waals surface area contributed by atoms with E-state index < -0.39 is 18.2 Å². The summed E-state index contributed by atoms with van der Waals surface area (Å²) >= 11 is 0. The standard InChI is InChI=1S/C15H14F3NO4/c1-3-22-14(21)23-8-4-5-11-7-6-10(2)9-12(11)19-13(20)15(16,17)18/h6-7,9H,3,8H2,1-2H3,(H,19,20). The van der Waals surface area contributed by atoms with Crippen LogP contribution in [0.25, 0.3) is 0 Å². The van der Waals surface area contributed by atoms with Crippen LogP contribution in [0.3, 0.4) is 0 Å². The highest BCUT2D eigenvalue weighted by atomic mass is 19.4. The first-order chi connectivity index (χ1) is 10.7. The smallest absolute Gasteiger partial charge is 0.435 e. The zero-order valence-electron chi connectivity index (χ0n) is 12.4. The molecule has 0 unspecified atom stereocenters. The van der Waals surface area contributed by atoms with Gasteiger partial charge in [-0.2, -0.15) is 13.2 Å². The van der Waals surface area contributed by atoms with E-state index in [0.29, 0.717) is 5.56 Å². The number of hydrogen-bond donors (Lipinski definition) is 1. The normalized spacial score (nSPS) is 10.3. The molecule has 5 nitrogen and oxygen atoms in total. The van der Waals surface area contributed by atoms with Crippen LogP contribution in [0.15, 0.2) is 18.2 Å². The quantitative estimate of drug-likeness (QED) is 0.684. The molecule has 1 aromatic carbocycles. The minimum atomic E-state index is -5.00. The Balaban J connectivity index is 2.84. The fourth-order valence-corrected chi connectivity index (χ4v) is 1.45. The number of nitrogens with one attached hydrogen (secondary N) is 1. The number of benzene rings is 1. The molecular weight excluding hydrogens is 315 g/mol. The topological polar surface area (TPSA) is 64.6 Å². The van der Waals surface area contributed by atoms with E-state index in [4.69, 9.17) is 0 Å². The van der Waals surface area contributed by atoms with Gasteiger partial charge in [0.25, 0.3) is 0 Å². The maximum Gasteiger partial charge on any atom is 0.509 e. The Morgan fingerprint density at radius 3 is 2.57 bits per heavy atom. The number of carbonyl (C=O) groups excluding carboxylic acids is 2. The number of anilines is 1. The van der Waals surface area contributed by atoms with E-state index in [-0.39, 0.29) is 24.5 Å². The van der Waals surface area contributed by atoms with Crippen LogP contribution < -0.4 is 5.32 Å². The third-order valence-corrected chi connectivity index (χ3v) is 2.43. The van der Waals surface area contributed by atoms with E-state index in [1.54, 1.807) is 25.2 Å². The van der Waals surface area contributed by atoms with Gasteiger partial charge < -0.3 is 14.8 Å². The maximum absolute atomic E-state index is 12.3. The molecule has 23 heavy (non-hydrogen) atoms. The predicted octanol–water partition coefficient (Wildman–Crippen LogP) is 3.02. The van der Waals surface area contributed by atoms with Crippen LogP contribution in [0, 0.1) is 18.8 Å². The molecule has 0 aromatic heterocycles. The van der Waals surface area contributed by atoms with Crippen molar-refractivity contribution in [3.8, 4) is 11.8 Å². The lowest BCUT2D eigenvalue weighted by Crippen LogP contribution is -2.30. The Morgan fingerprint density at radius 2 is 1.96 bits per heavy atom. The number of aryl methyl sites for hydroxylation is 1. The molecule has 0 saturated carbocycles. The van der Waals surface area contributed by atoms with Gasteiger partial charge in [-0.3, -0.25) is 4.79 Å². The molecule has 1 amide bonds. The summed E-state index contributed by atoms with van der Waals surface area (Å²) in [6.45, 7) is 3.12. The zero-order valence-corrected chi connectivity index (χ0v) is 12.4. The first-order valence-corrected chi connectivity index (χ1v) is 6.51.